The number of alkyl halides is 1. The molecule has 0 aliphatic rings. The molecule has 0 aliphatic carbocycles. The van der Waals surface area contributed by atoms with E-state index in [1.807, 2.05) is 24.4 Å². The number of aromatic nitrogens is 3. The van der Waals surface area contributed by atoms with E-state index in [1.165, 1.54) is 0 Å². The molecule has 0 amide bonds. The van der Waals surface area contributed by atoms with Crippen LogP contribution in [0, 0.1) is 0 Å². The molecule has 3 aromatic rings. The third kappa shape index (κ3) is 1.88. The van der Waals surface area contributed by atoms with E-state index in [4.69, 9.17) is 11.6 Å². The predicted molar refractivity (Wildman–Crippen MR) is 84.2 cm³/mol. The van der Waals surface area contributed by atoms with Crippen LogP contribution in [-0.4, -0.2) is 14.5 Å². The largest absolute Gasteiger partial charge is 0.321 e. The van der Waals surface area contributed by atoms with Gasteiger partial charge in [0.2, 0.25) is 0 Å². The molecule has 0 spiro atoms. The molecule has 1 aromatic carbocycles. The van der Waals surface area contributed by atoms with Crippen molar-refractivity contribution >= 4 is 33.5 Å². The molecule has 2 heterocycles. The smallest absolute Gasteiger partial charge is 0.125 e. The molecular weight excluding hydrogens is 270 g/mol. The number of para-hydroxylation sites is 1. The fourth-order valence-corrected chi connectivity index (χ4v) is 2.83. The van der Waals surface area contributed by atoms with Crippen LogP contribution in [0.3, 0.4) is 0 Å². The van der Waals surface area contributed by atoms with Crippen LogP contribution in [-0.2, 0) is 11.4 Å². The number of pyridine rings is 1. The lowest BCUT2D eigenvalue weighted by molar-refractivity contribution is 0.345. The van der Waals surface area contributed by atoms with Gasteiger partial charge in [0, 0.05) is 10.9 Å². The van der Waals surface area contributed by atoms with E-state index in [-0.39, 0.29) is 5.54 Å². The van der Waals surface area contributed by atoms with Crippen molar-refractivity contribution in [1.82, 2.24) is 14.5 Å². The number of fused-ring (bicyclic) bond motifs is 3. The number of imidazole rings is 1. The Kier molecular flexibility index (Phi) is 3.17. The van der Waals surface area contributed by atoms with E-state index in [0.29, 0.717) is 5.88 Å². The second-order valence-corrected chi connectivity index (χ2v) is 5.94. The second-order valence-electron chi connectivity index (χ2n) is 5.67. The SMILES string of the molecule is CCC(C)(C)n1c(CCl)nc2cnc3ccccc3c21. The Bertz CT molecular complexity index is 774. The van der Waals surface area contributed by atoms with E-state index in [1.54, 1.807) is 0 Å². The van der Waals surface area contributed by atoms with Gasteiger partial charge < -0.3 is 4.57 Å². The van der Waals surface area contributed by atoms with Crippen molar-refractivity contribution < 1.29 is 0 Å². The molecule has 0 saturated heterocycles. The Morgan fingerprint density at radius 3 is 2.65 bits per heavy atom. The summed E-state index contributed by atoms with van der Waals surface area (Å²) < 4.78 is 2.28. The van der Waals surface area contributed by atoms with Crippen molar-refractivity contribution in [3.8, 4) is 0 Å². The van der Waals surface area contributed by atoms with Crippen molar-refractivity contribution in [2.45, 2.75) is 38.6 Å². The number of nitrogens with zero attached hydrogens (tertiary/aromatic N) is 3. The van der Waals surface area contributed by atoms with Gasteiger partial charge in [0.05, 0.1) is 23.1 Å². The summed E-state index contributed by atoms with van der Waals surface area (Å²) in [5, 5.41) is 1.13. The molecule has 20 heavy (non-hydrogen) atoms. The van der Waals surface area contributed by atoms with Crippen molar-refractivity contribution in [3.05, 3.63) is 36.3 Å². The first-order valence-corrected chi connectivity index (χ1v) is 7.43. The summed E-state index contributed by atoms with van der Waals surface area (Å²) in [7, 11) is 0. The van der Waals surface area contributed by atoms with E-state index < -0.39 is 0 Å². The average molecular weight is 288 g/mol. The van der Waals surface area contributed by atoms with Gasteiger partial charge in [0.1, 0.15) is 11.3 Å². The Labute approximate surface area is 123 Å². The topological polar surface area (TPSA) is 30.7 Å². The van der Waals surface area contributed by atoms with E-state index in [0.717, 1.165) is 34.2 Å². The van der Waals surface area contributed by atoms with Gasteiger partial charge in [-0.2, -0.15) is 0 Å². The molecule has 104 valence electrons. The molecular formula is C16H18ClN3. The van der Waals surface area contributed by atoms with Crippen LogP contribution in [0.25, 0.3) is 21.9 Å². The minimum absolute atomic E-state index is 0.0247. The summed E-state index contributed by atoms with van der Waals surface area (Å²) in [5.41, 5.74) is 3.02. The quantitative estimate of drug-likeness (QED) is 0.666. The summed E-state index contributed by atoms with van der Waals surface area (Å²) in [4.78, 5) is 9.15. The number of hydrogen-bond acceptors (Lipinski definition) is 2. The van der Waals surface area contributed by atoms with Gasteiger partial charge in [-0.1, -0.05) is 25.1 Å². The third-order valence-corrected chi connectivity index (χ3v) is 4.29. The molecule has 0 N–H and O–H groups in total. The van der Waals surface area contributed by atoms with Gasteiger partial charge in [-0.05, 0) is 26.3 Å². The average Bonchev–Trinajstić information content (AvgIpc) is 2.87. The van der Waals surface area contributed by atoms with Crippen LogP contribution in [0.15, 0.2) is 30.5 Å². The molecule has 4 heteroatoms. The zero-order valence-corrected chi connectivity index (χ0v) is 12.8. The van der Waals surface area contributed by atoms with Crippen LogP contribution >= 0.6 is 11.6 Å². The molecule has 0 fully saturated rings. The highest BCUT2D eigenvalue weighted by molar-refractivity contribution is 6.17. The Hall–Kier alpha value is -1.61. The monoisotopic (exact) mass is 287 g/mol. The fraction of sp³-hybridized carbons (Fsp3) is 0.375. The molecule has 2 aromatic heterocycles. The highest BCUT2D eigenvalue weighted by Crippen LogP contribution is 2.32. The Morgan fingerprint density at radius 2 is 1.95 bits per heavy atom. The van der Waals surface area contributed by atoms with Gasteiger partial charge in [0.15, 0.2) is 0 Å². The number of halogens is 1. The van der Waals surface area contributed by atoms with Crippen molar-refractivity contribution in [1.29, 1.82) is 0 Å². The van der Waals surface area contributed by atoms with E-state index in [9.17, 15) is 0 Å². The van der Waals surface area contributed by atoms with Crippen LogP contribution in [0.4, 0.5) is 0 Å². The summed E-state index contributed by atoms with van der Waals surface area (Å²) in [6.45, 7) is 6.63. The molecule has 0 unspecified atom stereocenters. The van der Waals surface area contributed by atoms with Crippen LogP contribution < -0.4 is 0 Å². The summed E-state index contributed by atoms with van der Waals surface area (Å²) in [6.07, 6.45) is 2.86. The standard InChI is InChI=1S/C16H18ClN3/c1-4-16(2,3)20-14(9-17)19-13-10-18-12-8-6-5-7-11(12)15(13)20/h5-8,10H,4,9H2,1-3H3. The van der Waals surface area contributed by atoms with Gasteiger partial charge in [-0.3, -0.25) is 4.98 Å². The Morgan fingerprint density at radius 1 is 1.20 bits per heavy atom. The van der Waals surface area contributed by atoms with E-state index in [2.05, 4.69) is 41.4 Å². The molecule has 0 saturated carbocycles. The van der Waals surface area contributed by atoms with Crippen LogP contribution in [0.1, 0.15) is 33.0 Å². The van der Waals surface area contributed by atoms with Gasteiger partial charge in [-0.15, -0.1) is 11.6 Å². The van der Waals surface area contributed by atoms with Gasteiger partial charge in [-0.25, -0.2) is 4.98 Å². The molecule has 0 radical (unpaired) electrons. The zero-order chi connectivity index (χ0) is 14.3. The lowest BCUT2D eigenvalue weighted by Crippen LogP contribution is -2.26. The van der Waals surface area contributed by atoms with Crippen LogP contribution in [0.5, 0.6) is 0 Å². The molecule has 3 rings (SSSR count). The summed E-state index contributed by atoms with van der Waals surface area (Å²) >= 11 is 6.11. The normalized spacial score (nSPS) is 12.4. The summed E-state index contributed by atoms with van der Waals surface area (Å²) in [5.74, 6) is 1.32. The molecule has 0 atom stereocenters. The predicted octanol–water partition coefficient (Wildman–Crippen LogP) is 4.47. The Balaban J connectivity index is 2.49. The molecule has 0 bridgehead atoms. The maximum atomic E-state index is 6.11. The number of benzene rings is 1. The van der Waals surface area contributed by atoms with Crippen molar-refractivity contribution in [3.63, 3.8) is 0 Å². The zero-order valence-electron chi connectivity index (χ0n) is 12.0. The first kappa shape index (κ1) is 13.4. The first-order valence-electron chi connectivity index (χ1n) is 6.90. The second kappa shape index (κ2) is 4.74. The fourth-order valence-electron chi connectivity index (χ4n) is 2.65. The van der Waals surface area contributed by atoms with Gasteiger partial charge in [0.25, 0.3) is 0 Å². The first-order chi connectivity index (χ1) is 9.58. The highest BCUT2D eigenvalue weighted by Gasteiger charge is 2.25. The maximum Gasteiger partial charge on any atom is 0.125 e. The molecule has 3 nitrogen and oxygen atoms in total. The summed E-state index contributed by atoms with van der Waals surface area (Å²) in [6, 6.07) is 8.19. The van der Waals surface area contributed by atoms with Gasteiger partial charge >= 0.3 is 0 Å². The maximum absolute atomic E-state index is 6.11. The van der Waals surface area contributed by atoms with Crippen molar-refractivity contribution in [2.24, 2.45) is 0 Å². The van der Waals surface area contributed by atoms with Crippen molar-refractivity contribution in [2.75, 3.05) is 0 Å². The number of rotatable bonds is 3. The van der Waals surface area contributed by atoms with Crippen LogP contribution in [0.2, 0.25) is 0 Å². The molecule has 0 aliphatic heterocycles. The van der Waals surface area contributed by atoms with E-state index >= 15 is 0 Å². The lowest BCUT2D eigenvalue weighted by atomic mass is 10.0. The minimum atomic E-state index is -0.0247. The number of hydrogen-bond donors (Lipinski definition) is 0. The lowest BCUT2D eigenvalue weighted by Gasteiger charge is -2.28. The third-order valence-electron chi connectivity index (χ3n) is 4.05. The minimum Gasteiger partial charge on any atom is -0.321 e. The highest BCUT2D eigenvalue weighted by atomic mass is 35.5.